The summed E-state index contributed by atoms with van der Waals surface area (Å²) in [5, 5.41) is 37.2. The number of carboxylic acids is 2. The molecule has 2 aromatic rings. The molecule has 0 aliphatic heterocycles. The Bertz CT molecular complexity index is 750. The molecule has 184 valence electrons. The Kier molecular flexibility index (Phi) is 12.6. The number of aromatic carboxylic acids is 2. The number of benzene rings is 2. The highest BCUT2D eigenvalue weighted by Crippen LogP contribution is 2.35. The standard InChI is InChI=1S/C13H28O2.2C7H6O2/c1-8-9(10(14)12(2,3)4)11(15)13(5,6)7;2*8-7(9)6-4-2-1-3-5-6/h9-11,14-15H,8H2,1-7H3;2*1-5H,(H,8,9). The summed E-state index contributed by atoms with van der Waals surface area (Å²) in [7, 11) is 0. The summed E-state index contributed by atoms with van der Waals surface area (Å²) in [6.07, 6.45) is -0.120. The molecular formula is C27H40O6. The molecule has 0 aromatic heterocycles. The van der Waals surface area contributed by atoms with E-state index in [1.165, 1.54) is 0 Å². The van der Waals surface area contributed by atoms with E-state index < -0.39 is 24.1 Å². The predicted octanol–water partition coefficient (Wildman–Crippen LogP) is 5.60. The maximum atomic E-state index is 10.2. The molecule has 0 bridgehead atoms. The number of aliphatic hydroxyl groups is 2. The first-order valence-electron chi connectivity index (χ1n) is 11.1. The van der Waals surface area contributed by atoms with Crippen molar-refractivity contribution >= 4 is 11.9 Å². The molecule has 0 aliphatic rings. The minimum atomic E-state index is -0.879. The van der Waals surface area contributed by atoms with Crippen LogP contribution >= 0.6 is 0 Å². The Morgan fingerprint density at radius 2 is 0.939 bits per heavy atom. The predicted molar refractivity (Wildman–Crippen MR) is 132 cm³/mol. The first-order valence-corrected chi connectivity index (χ1v) is 11.1. The molecule has 0 fully saturated rings. The molecule has 4 N–H and O–H groups in total. The number of rotatable bonds is 5. The number of hydrogen-bond donors (Lipinski definition) is 4. The van der Waals surface area contributed by atoms with Gasteiger partial charge in [0.2, 0.25) is 0 Å². The molecule has 6 nitrogen and oxygen atoms in total. The fraction of sp³-hybridized carbons (Fsp3) is 0.481. The van der Waals surface area contributed by atoms with Crippen molar-refractivity contribution in [3.8, 4) is 0 Å². The number of hydrogen-bond acceptors (Lipinski definition) is 4. The quantitative estimate of drug-likeness (QED) is 0.462. The first-order chi connectivity index (χ1) is 15.1. The van der Waals surface area contributed by atoms with E-state index >= 15 is 0 Å². The molecule has 0 radical (unpaired) electrons. The number of carboxylic acid groups (broad SMARTS) is 2. The third-order valence-electron chi connectivity index (χ3n) is 5.10. The van der Waals surface area contributed by atoms with Gasteiger partial charge in [-0.2, -0.15) is 0 Å². The van der Waals surface area contributed by atoms with E-state index in [9.17, 15) is 19.8 Å². The highest BCUT2D eigenvalue weighted by atomic mass is 16.4. The molecule has 2 unspecified atom stereocenters. The molecule has 2 atom stereocenters. The van der Waals surface area contributed by atoms with Gasteiger partial charge in [-0.3, -0.25) is 0 Å². The zero-order valence-electron chi connectivity index (χ0n) is 20.8. The van der Waals surface area contributed by atoms with Crippen molar-refractivity contribution in [2.45, 2.75) is 67.1 Å². The van der Waals surface area contributed by atoms with E-state index in [0.717, 1.165) is 6.42 Å². The summed E-state index contributed by atoms with van der Waals surface area (Å²) in [6.45, 7) is 14.1. The maximum Gasteiger partial charge on any atom is 0.335 e. The fourth-order valence-corrected chi connectivity index (χ4v) is 3.07. The van der Waals surface area contributed by atoms with Crippen LogP contribution in [0.5, 0.6) is 0 Å². The minimum Gasteiger partial charge on any atom is -0.478 e. The van der Waals surface area contributed by atoms with Crippen LogP contribution in [0.15, 0.2) is 60.7 Å². The highest BCUT2D eigenvalue weighted by molar-refractivity contribution is 5.87. The molecule has 0 aliphatic carbocycles. The Hall–Kier alpha value is -2.70. The Morgan fingerprint density at radius 1 is 0.667 bits per heavy atom. The molecule has 0 heterocycles. The van der Waals surface area contributed by atoms with E-state index in [0.29, 0.717) is 11.1 Å². The summed E-state index contributed by atoms with van der Waals surface area (Å²) in [4.78, 5) is 20.4. The van der Waals surface area contributed by atoms with Crippen LogP contribution in [0.3, 0.4) is 0 Å². The minimum absolute atomic E-state index is 0.0509. The van der Waals surface area contributed by atoms with Gasteiger partial charge in [-0.25, -0.2) is 9.59 Å². The molecular weight excluding hydrogens is 420 g/mol. The second kappa shape index (κ2) is 13.8. The monoisotopic (exact) mass is 460 g/mol. The molecule has 0 saturated carbocycles. The zero-order valence-corrected chi connectivity index (χ0v) is 20.8. The van der Waals surface area contributed by atoms with Gasteiger partial charge in [0.1, 0.15) is 0 Å². The fourth-order valence-electron chi connectivity index (χ4n) is 3.07. The second-order valence-electron chi connectivity index (χ2n) is 10.0. The molecule has 0 saturated heterocycles. The van der Waals surface area contributed by atoms with Crippen LogP contribution < -0.4 is 0 Å². The van der Waals surface area contributed by atoms with Gasteiger partial charge in [0.05, 0.1) is 23.3 Å². The maximum absolute atomic E-state index is 10.2. The topological polar surface area (TPSA) is 115 Å². The Morgan fingerprint density at radius 3 is 1.09 bits per heavy atom. The van der Waals surface area contributed by atoms with Crippen LogP contribution in [-0.4, -0.2) is 44.6 Å². The van der Waals surface area contributed by atoms with Crippen LogP contribution in [0.1, 0.15) is 75.6 Å². The normalized spacial score (nSPS) is 13.8. The van der Waals surface area contributed by atoms with Crippen molar-refractivity contribution in [3.63, 3.8) is 0 Å². The van der Waals surface area contributed by atoms with Crippen molar-refractivity contribution in [1.29, 1.82) is 0 Å². The smallest absolute Gasteiger partial charge is 0.335 e. The van der Waals surface area contributed by atoms with Gasteiger partial charge in [-0.1, -0.05) is 84.9 Å². The molecule has 0 spiro atoms. The average Bonchev–Trinajstić information content (AvgIpc) is 2.75. The van der Waals surface area contributed by atoms with E-state index in [-0.39, 0.29) is 16.7 Å². The third-order valence-corrected chi connectivity index (χ3v) is 5.10. The van der Waals surface area contributed by atoms with Crippen LogP contribution in [0.25, 0.3) is 0 Å². The zero-order chi connectivity index (χ0) is 25.8. The van der Waals surface area contributed by atoms with Gasteiger partial charge < -0.3 is 20.4 Å². The Balaban J connectivity index is 0.000000489. The lowest BCUT2D eigenvalue weighted by molar-refractivity contribution is -0.0809. The summed E-state index contributed by atoms with van der Waals surface area (Å²) >= 11 is 0. The molecule has 33 heavy (non-hydrogen) atoms. The lowest BCUT2D eigenvalue weighted by Gasteiger charge is -2.40. The van der Waals surface area contributed by atoms with Crippen molar-refractivity contribution in [2.24, 2.45) is 16.7 Å². The first kappa shape index (κ1) is 30.3. The SMILES string of the molecule is CCC(C(O)C(C)(C)C)C(O)C(C)(C)C.O=C(O)c1ccccc1.O=C(O)c1ccccc1. The lowest BCUT2D eigenvalue weighted by atomic mass is 9.71. The highest BCUT2D eigenvalue weighted by Gasteiger charge is 2.38. The van der Waals surface area contributed by atoms with Gasteiger partial charge in [0.25, 0.3) is 0 Å². The van der Waals surface area contributed by atoms with Crippen molar-refractivity contribution in [3.05, 3.63) is 71.8 Å². The van der Waals surface area contributed by atoms with Crippen LogP contribution in [-0.2, 0) is 0 Å². The van der Waals surface area contributed by atoms with Crippen molar-refractivity contribution in [2.75, 3.05) is 0 Å². The lowest BCUT2D eigenvalue weighted by Crippen LogP contribution is -2.45. The second-order valence-corrected chi connectivity index (χ2v) is 10.0. The molecule has 2 aromatic carbocycles. The van der Waals surface area contributed by atoms with Gasteiger partial charge in [-0.15, -0.1) is 0 Å². The summed E-state index contributed by atoms with van der Waals surface area (Å²) in [5.74, 6) is -1.81. The van der Waals surface area contributed by atoms with Crippen LogP contribution in [0.4, 0.5) is 0 Å². The largest absolute Gasteiger partial charge is 0.478 e. The number of carbonyl (C=O) groups is 2. The van der Waals surface area contributed by atoms with Crippen molar-refractivity contribution in [1.82, 2.24) is 0 Å². The van der Waals surface area contributed by atoms with Crippen LogP contribution in [0, 0.1) is 16.7 Å². The average molecular weight is 461 g/mol. The molecule has 6 heteroatoms. The summed E-state index contributed by atoms with van der Waals surface area (Å²) in [6, 6.07) is 16.6. The van der Waals surface area contributed by atoms with Crippen molar-refractivity contribution < 1.29 is 30.0 Å². The van der Waals surface area contributed by atoms with Gasteiger partial charge in [-0.05, 0) is 41.5 Å². The van der Waals surface area contributed by atoms with E-state index in [2.05, 4.69) is 0 Å². The van der Waals surface area contributed by atoms with Gasteiger partial charge in [0, 0.05) is 5.92 Å². The summed E-state index contributed by atoms with van der Waals surface area (Å²) < 4.78 is 0. The van der Waals surface area contributed by atoms with Crippen LogP contribution in [0.2, 0.25) is 0 Å². The van der Waals surface area contributed by atoms with Gasteiger partial charge in [0.15, 0.2) is 0 Å². The third kappa shape index (κ3) is 11.6. The van der Waals surface area contributed by atoms with Gasteiger partial charge >= 0.3 is 11.9 Å². The molecule has 2 rings (SSSR count). The Labute approximate surface area is 197 Å². The van der Waals surface area contributed by atoms with E-state index in [4.69, 9.17) is 10.2 Å². The molecule has 0 amide bonds. The summed E-state index contributed by atoms with van der Waals surface area (Å²) in [5.41, 5.74) is 0.315. The van der Waals surface area contributed by atoms with E-state index in [1.54, 1.807) is 60.7 Å². The number of aliphatic hydroxyl groups excluding tert-OH is 2. The van der Waals surface area contributed by atoms with E-state index in [1.807, 2.05) is 48.5 Å².